The van der Waals surface area contributed by atoms with Crippen LogP contribution in [0.2, 0.25) is 0 Å². The van der Waals surface area contributed by atoms with Crippen molar-refractivity contribution in [3.05, 3.63) is 78.2 Å². The molecule has 142 valence electrons. The van der Waals surface area contributed by atoms with Gasteiger partial charge in [0, 0.05) is 24.4 Å². The first-order valence-electron chi connectivity index (χ1n) is 8.84. The van der Waals surface area contributed by atoms with Crippen LogP contribution in [0.15, 0.2) is 67.0 Å². The van der Waals surface area contributed by atoms with Gasteiger partial charge in [-0.2, -0.15) is 0 Å². The second kappa shape index (κ2) is 8.77. The van der Waals surface area contributed by atoms with Crippen molar-refractivity contribution in [2.24, 2.45) is 0 Å². The summed E-state index contributed by atoms with van der Waals surface area (Å²) >= 11 is 0. The zero-order chi connectivity index (χ0) is 19.9. The highest BCUT2D eigenvalue weighted by molar-refractivity contribution is 5.93. The van der Waals surface area contributed by atoms with E-state index in [1.807, 2.05) is 49.4 Å². The third kappa shape index (κ3) is 5.14. The van der Waals surface area contributed by atoms with Crippen LogP contribution in [0, 0.1) is 0 Å². The molecule has 7 nitrogen and oxygen atoms in total. The van der Waals surface area contributed by atoms with Crippen LogP contribution >= 0.6 is 0 Å². The van der Waals surface area contributed by atoms with Crippen molar-refractivity contribution in [3.63, 3.8) is 0 Å². The number of hydrogen-bond acceptors (Lipinski definition) is 5. The first-order chi connectivity index (χ1) is 13.5. The lowest BCUT2D eigenvalue weighted by atomic mass is 10.1. The second-order valence-electron chi connectivity index (χ2n) is 6.28. The molecule has 0 saturated heterocycles. The molecular weight excluding hydrogens is 354 g/mol. The van der Waals surface area contributed by atoms with Crippen molar-refractivity contribution in [3.8, 4) is 0 Å². The fourth-order valence-corrected chi connectivity index (χ4v) is 2.63. The van der Waals surface area contributed by atoms with Crippen LogP contribution in [0.4, 0.5) is 17.2 Å². The van der Waals surface area contributed by atoms with E-state index in [2.05, 4.69) is 25.9 Å². The van der Waals surface area contributed by atoms with Gasteiger partial charge in [0.15, 0.2) is 0 Å². The molecule has 0 aliphatic heterocycles. The number of nitrogens with zero attached hydrogens (tertiary/aromatic N) is 2. The van der Waals surface area contributed by atoms with Crippen LogP contribution in [0.25, 0.3) is 0 Å². The summed E-state index contributed by atoms with van der Waals surface area (Å²) < 4.78 is 0. The SMILES string of the molecule is CC(=O)Nc1ccc(Nc2cc(C(=O)NC(C)c3ccccc3)ncn2)cc1. The van der Waals surface area contributed by atoms with Gasteiger partial charge in [0.1, 0.15) is 17.8 Å². The van der Waals surface area contributed by atoms with E-state index in [0.29, 0.717) is 11.5 Å². The van der Waals surface area contributed by atoms with Crippen molar-refractivity contribution in [2.75, 3.05) is 10.6 Å². The Hall–Kier alpha value is -3.74. The minimum Gasteiger partial charge on any atom is -0.344 e. The van der Waals surface area contributed by atoms with E-state index in [1.54, 1.807) is 18.2 Å². The van der Waals surface area contributed by atoms with E-state index < -0.39 is 0 Å². The zero-order valence-corrected chi connectivity index (χ0v) is 15.6. The molecule has 0 bridgehead atoms. The number of hydrogen-bond donors (Lipinski definition) is 3. The number of benzene rings is 2. The number of aromatic nitrogens is 2. The fraction of sp³-hybridized carbons (Fsp3) is 0.143. The molecule has 1 atom stereocenters. The van der Waals surface area contributed by atoms with Crippen LogP contribution in [0.5, 0.6) is 0 Å². The van der Waals surface area contributed by atoms with E-state index in [9.17, 15) is 9.59 Å². The van der Waals surface area contributed by atoms with Crippen molar-refractivity contribution >= 4 is 29.0 Å². The molecule has 28 heavy (non-hydrogen) atoms. The molecule has 0 radical (unpaired) electrons. The van der Waals surface area contributed by atoms with Gasteiger partial charge in [-0.1, -0.05) is 30.3 Å². The van der Waals surface area contributed by atoms with Gasteiger partial charge in [-0.15, -0.1) is 0 Å². The van der Waals surface area contributed by atoms with E-state index in [4.69, 9.17) is 0 Å². The smallest absolute Gasteiger partial charge is 0.270 e. The van der Waals surface area contributed by atoms with Crippen LogP contribution < -0.4 is 16.0 Å². The molecule has 3 rings (SSSR count). The van der Waals surface area contributed by atoms with Gasteiger partial charge in [0.05, 0.1) is 6.04 Å². The summed E-state index contributed by atoms with van der Waals surface area (Å²) in [6.45, 7) is 3.38. The first-order valence-corrected chi connectivity index (χ1v) is 8.84. The van der Waals surface area contributed by atoms with Gasteiger partial charge < -0.3 is 16.0 Å². The normalized spacial score (nSPS) is 11.4. The lowest BCUT2D eigenvalue weighted by Crippen LogP contribution is -2.27. The van der Waals surface area contributed by atoms with E-state index in [-0.39, 0.29) is 23.6 Å². The van der Waals surface area contributed by atoms with Crippen molar-refractivity contribution in [1.29, 1.82) is 0 Å². The Labute approximate surface area is 163 Å². The minimum absolute atomic E-state index is 0.128. The molecule has 0 spiro atoms. The second-order valence-corrected chi connectivity index (χ2v) is 6.28. The fourth-order valence-electron chi connectivity index (χ4n) is 2.63. The van der Waals surface area contributed by atoms with E-state index in [1.165, 1.54) is 13.3 Å². The maximum absolute atomic E-state index is 12.5. The molecule has 0 fully saturated rings. The van der Waals surface area contributed by atoms with Crippen molar-refractivity contribution in [2.45, 2.75) is 19.9 Å². The maximum Gasteiger partial charge on any atom is 0.270 e. The highest BCUT2D eigenvalue weighted by Crippen LogP contribution is 2.18. The van der Waals surface area contributed by atoms with Crippen LogP contribution in [-0.4, -0.2) is 21.8 Å². The largest absolute Gasteiger partial charge is 0.344 e. The monoisotopic (exact) mass is 375 g/mol. The first kappa shape index (κ1) is 19.0. The van der Waals surface area contributed by atoms with Crippen molar-refractivity contribution in [1.82, 2.24) is 15.3 Å². The molecule has 7 heteroatoms. The van der Waals surface area contributed by atoms with Gasteiger partial charge in [0.2, 0.25) is 5.91 Å². The molecule has 0 aliphatic carbocycles. The standard InChI is InChI=1S/C21H21N5O2/c1-14(16-6-4-3-5-7-16)24-21(28)19-12-20(23-13-22-19)26-18-10-8-17(9-11-18)25-15(2)27/h3-14H,1-2H3,(H,24,28)(H,25,27)(H,22,23,26). The lowest BCUT2D eigenvalue weighted by molar-refractivity contribution is -0.114. The van der Waals surface area contributed by atoms with E-state index >= 15 is 0 Å². The summed E-state index contributed by atoms with van der Waals surface area (Å²) in [6, 6.07) is 18.4. The topological polar surface area (TPSA) is 96.0 Å². The van der Waals surface area contributed by atoms with E-state index in [0.717, 1.165) is 11.3 Å². The number of nitrogens with one attached hydrogen (secondary N) is 3. The average molecular weight is 375 g/mol. The van der Waals surface area contributed by atoms with Crippen LogP contribution in [0.3, 0.4) is 0 Å². The number of rotatable bonds is 6. The summed E-state index contributed by atoms with van der Waals surface area (Å²) in [5, 5.41) is 8.76. The summed E-state index contributed by atoms with van der Waals surface area (Å²) in [6.07, 6.45) is 1.34. The summed E-state index contributed by atoms with van der Waals surface area (Å²) in [5.41, 5.74) is 2.77. The molecule has 1 unspecified atom stereocenters. The molecule has 0 saturated carbocycles. The van der Waals surface area contributed by atoms with Crippen LogP contribution in [-0.2, 0) is 4.79 Å². The van der Waals surface area contributed by atoms with Gasteiger partial charge >= 0.3 is 0 Å². The lowest BCUT2D eigenvalue weighted by Gasteiger charge is -2.14. The van der Waals surface area contributed by atoms with Crippen molar-refractivity contribution < 1.29 is 9.59 Å². The molecule has 2 amide bonds. The number of carbonyl (C=O) groups excluding carboxylic acids is 2. The third-order valence-corrected chi connectivity index (χ3v) is 4.02. The number of carbonyl (C=O) groups is 2. The molecule has 1 aromatic heterocycles. The van der Waals surface area contributed by atoms with Gasteiger partial charge in [-0.25, -0.2) is 9.97 Å². The molecule has 0 aliphatic rings. The Morgan fingerprint density at radius 1 is 0.929 bits per heavy atom. The van der Waals surface area contributed by atoms with Gasteiger partial charge in [0.25, 0.3) is 5.91 Å². The zero-order valence-electron chi connectivity index (χ0n) is 15.6. The Bertz CT molecular complexity index is 958. The third-order valence-electron chi connectivity index (χ3n) is 4.02. The Morgan fingerprint density at radius 2 is 1.61 bits per heavy atom. The Morgan fingerprint density at radius 3 is 2.29 bits per heavy atom. The van der Waals surface area contributed by atoms with Crippen LogP contribution in [0.1, 0.15) is 35.9 Å². The highest BCUT2D eigenvalue weighted by atomic mass is 16.2. The summed E-state index contributed by atoms with van der Waals surface area (Å²) in [5.74, 6) is 0.0968. The summed E-state index contributed by atoms with van der Waals surface area (Å²) in [4.78, 5) is 31.8. The number of anilines is 3. The predicted octanol–water partition coefficient (Wildman–Crippen LogP) is 3.67. The quantitative estimate of drug-likeness (QED) is 0.611. The molecule has 1 heterocycles. The predicted molar refractivity (Wildman–Crippen MR) is 108 cm³/mol. The van der Waals surface area contributed by atoms with Gasteiger partial charge in [-0.05, 0) is 36.8 Å². The molecule has 3 N–H and O–H groups in total. The van der Waals surface area contributed by atoms with Gasteiger partial charge in [-0.3, -0.25) is 9.59 Å². The minimum atomic E-state index is -0.275. The molecule has 3 aromatic rings. The Kier molecular flexibility index (Phi) is 5.96. The summed E-state index contributed by atoms with van der Waals surface area (Å²) in [7, 11) is 0. The molecular formula is C21H21N5O2. The molecule has 2 aromatic carbocycles. The number of amides is 2. The highest BCUT2D eigenvalue weighted by Gasteiger charge is 2.13. The maximum atomic E-state index is 12.5. The average Bonchev–Trinajstić information content (AvgIpc) is 2.70. The Balaban J connectivity index is 1.66.